The Labute approximate surface area is 181 Å². The Morgan fingerprint density at radius 1 is 1.00 bits per heavy atom. The van der Waals surface area contributed by atoms with Crippen molar-refractivity contribution in [3.63, 3.8) is 0 Å². The predicted molar refractivity (Wildman–Crippen MR) is 116 cm³/mol. The molecule has 0 aliphatic carbocycles. The molecular formula is C21H25Cl3N2O2. The number of benzene rings is 2. The zero-order chi connectivity index (χ0) is 19.9. The fourth-order valence-electron chi connectivity index (χ4n) is 3.31. The first-order valence-electron chi connectivity index (χ1n) is 9.41. The van der Waals surface area contributed by atoms with Crippen molar-refractivity contribution in [3.8, 4) is 11.5 Å². The van der Waals surface area contributed by atoms with E-state index in [1.165, 1.54) is 12.8 Å². The smallest absolute Gasteiger partial charge is 0.180 e. The molecule has 0 amide bonds. The Morgan fingerprint density at radius 3 is 2.46 bits per heavy atom. The minimum atomic E-state index is 0.320. The van der Waals surface area contributed by atoms with Crippen LogP contribution in [0.2, 0.25) is 15.1 Å². The minimum absolute atomic E-state index is 0.320. The van der Waals surface area contributed by atoms with Crippen LogP contribution in [-0.4, -0.2) is 26.7 Å². The Kier molecular flexibility index (Phi) is 8.12. The van der Waals surface area contributed by atoms with Gasteiger partial charge in [0.1, 0.15) is 6.61 Å². The first kappa shape index (κ1) is 21.5. The van der Waals surface area contributed by atoms with E-state index in [4.69, 9.17) is 44.3 Å². The van der Waals surface area contributed by atoms with Gasteiger partial charge in [0.15, 0.2) is 11.5 Å². The minimum Gasteiger partial charge on any atom is -0.493 e. The highest BCUT2D eigenvalue weighted by atomic mass is 35.5. The molecule has 28 heavy (non-hydrogen) atoms. The topological polar surface area (TPSA) is 42.5 Å². The van der Waals surface area contributed by atoms with E-state index in [0.29, 0.717) is 33.2 Å². The number of halogens is 3. The molecule has 0 saturated carbocycles. The quantitative estimate of drug-likeness (QED) is 0.579. The highest BCUT2D eigenvalue weighted by Crippen LogP contribution is 2.37. The molecule has 0 atom stereocenters. The van der Waals surface area contributed by atoms with Crippen molar-refractivity contribution in [1.29, 1.82) is 0 Å². The highest BCUT2D eigenvalue weighted by molar-refractivity contribution is 6.42. The molecule has 1 saturated heterocycles. The maximum Gasteiger partial charge on any atom is 0.180 e. The van der Waals surface area contributed by atoms with Crippen molar-refractivity contribution in [2.45, 2.75) is 26.0 Å². The van der Waals surface area contributed by atoms with Crippen molar-refractivity contribution < 1.29 is 9.47 Å². The van der Waals surface area contributed by atoms with Crippen LogP contribution in [0.4, 0.5) is 0 Å². The summed E-state index contributed by atoms with van der Waals surface area (Å²) >= 11 is 18.5. The number of hydrogen-bond donors (Lipinski definition) is 2. The number of methoxy groups -OCH3 is 1. The summed E-state index contributed by atoms with van der Waals surface area (Å²) in [5, 5.41) is 8.46. The van der Waals surface area contributed by atoms with Crippen molar-refractivity contribution in [3.05, 3.63) is 56.5 Å². The lowest BCUT2D eigenvalue weighted by Crippen LogP contribution is -2.33. The average molecular weight is 444 g/mol. The van der Waals surface area contributed by atoms with Gasteiger partial charge in [0.2, 0.25) is 0 Å². The predicted octanol–water partition coefficient (Wildman–Crippen LogP) is 5.32. The fraction of sp³-hybridized carbons (Fsp3) is 0.429. The maximum absolute atomic E-state index is 6.48. The van der Waals surface area contributed by atoms with Gasteiger partial charge < -0.3 is 20.1 Å². The Bertz CT molecular complexity index is 795. The van der Waals surface area contributed by atoms with Crippen LogP contribution in [-0.2, 0) is 13.2 Å². The number of hydrogen-bond acceptors (Lipinski definition) is 4. The second-order valence-electron chi connectivity index (χ2n) is 6.97. The van der Waals surface area contributed by atoms with E-state index >= 15 is 0 Å². The monoisotopic (exact) mass is 442 g/mol. The SMILES string of the molecule is COc1cc(CNCC2CCNCC2)cc(Cl)c1OCc1ccc(Cl)c(Cl)c1. The molecule has 2 aromatic rings. The number of piperidine rings is 1. The molecule has 1 aliphatic heterocycles. The van der Waals surface area contributed by atoms with Gasteiger partial charge in [-0.3, -0.25) is 0 Å². The second-order valence-corrected chi connectivity index (χ2v) is 8.19. The summed E-state index contributed by atoms with van der Waals surface area (Å²) in [4.78, 5) is 0. The molecule has 2 aromatic carbocycles. The summed E-state index contributed by atoms with van der Waals surface area (Å²) in [6.45, 7) is 4.29. The highest BCUT2D eigenvalue weighted by Gasteiger charge is 2.15. The van der Waals surface area contributed by atoms with Crippen molar-refractivity contribution in [2.24, 2.45) is 5.92 Å². The van der Waals surface area contributed by atoms with Gasteiger partial charge in [-0.05, 0) is 73.8 Å². The van der Waals surface area contributed by atoms with Crippen LogP contribution in [0.3, 0.4) is 0 Å². The molecule has 0 aromatic heterocycles. The van der Waals surface area contributed by atoms with Crippen LogP contribution in [0, 0.1) is 5.92 Å². The van der Waals surface area contributed by atoms with Gasteiger partial charge in [-0.2, -0.15) is 0 Å². The Balaban J connectivity index is 1.61. The summed E-state index contributed by atoms with van der Waals surface area (Å²) in [5.41, 5.74) is 1.97. The molecule has 4 nitrogen and oxygen atoms in total. The zero-order valence-corrected chi connectivity index (χ0v) is 18.1. The third kappa shape index (κ3) is 5.91. The summed E-state index contributed by atoms with van der Waals surface area (Å²) in [7, 11) is 1.61. The van der Waals surface area contributed by atoms with Crippen molar-refractivity contribution >= 4 is 34.8 Å². The van der Waals surface area contributed by atoms with Crippen LogP contribution in [0.15, 0.2) is 30.3 Å². The van der Waals surface area contributed by atoms with E-state index in [9.17, 15) is 0 Å². The molecule has 1 fully saturated rings. The molecule has 3 rings (SSSR count). The molecule has 0 unspecified atom stereocenters. The van der Waals surface area contributed by atoms with E-state index in [1.807, 2.05) is 18.2 Å². The van der Waals surface area contributed by atoms with Crippen LogP contribution < -0.4 is 20.1 Å². The molecule has 0 bridgehead atoms. The zero-order valence-electron chi connectivity index (χ0n) is 15.9. The van der Waals surface area contributed by atoms with Gasteiger partial charge in [-0.25, -0.2) is 0 Å². The molecule has 152 valence electrons. The normalized spacial score (nSPS) is 14.9. The second kappa shape index (κ2) is 10.6. The van der Waals surface area contributed by atoms with Gasteiger partial charge >= 0.3 is 0 Å². The van der Waals surface area contributed by atoms with Gasteiger partial charge in [0.05, 0.1) is 22.2 Å². The Hall–Kier alpha value is -1.17. The summed E-state index contributed by atoms with van der Waals surface area (Å²) in [6.07, 6.45) is 2.44. The van der Waals surface area contributed by atoms with Crippen molar-refractivity contribution in [2.75, 3.05) is 26.7 Å². The van der Waals surface area contributed by atoms with Gasteiger partial charge in [-0.15, -0.1) is 0 Å². The molecule has 0 spiro atoms. The maximum atomic E-state index is 6.48. The van der Waals surface area contributed by atoms with E-state index in [0.717, 1.165) is 43.2 Å². The van der Waals surface area contributed by atoms with E-state index < -0.39 is 0 Å². The lowest BCUT2D eigenvalue weighted by atomic mass is 9.98. The third-order valence-corrected chi connectivity index (χ3v) is 5.90. The lowest BCUT2D eigenvalue weighted by molar-refractivity contribution is 0.284. The summed E-state index contributed by atoms with van der Waals surface area (Å²) in [6, 6.07) is 9.28. The largest absolute Gasteiger partial charge is 0.493 e. The van der Waals surface area contributed by atoms with E-state index in [1.54, 1.807) is 19.2 Å². The third-order valence-electron chi connectivity index (χ3n) is 4.88. The average Bonchev–Trinajstić information content (AvgIpc) is 2.70. The van der Waals surface area contributed by atoms with Crippen LogP contribution in [0.1, 0.15) is 24.0 Å². The molecule has 7 heteroatoms. The van der Waals surface area contributed by atoms with Crippen LogP contribution in [0.5, 0.6) is 11.5 Å². The molecule has 0 radical (unpaired) electrons. The number of ether oxygens (including phenoxy) is 2. The standard InChI is InChI=1S/C21H25Cl3N2O2/c1-27-20-10-16(12-26-11-14-4-6-25-7-5-14)9-19(24)21(20)28-13-15-2-3-17(22)18(23)8-15/h2-3,8-10,14,25-26H,4-7,11-13H2,1H3. The summed E-state index contributed by atoms with van der Waals surface area (Å²) < 4.78 is 11.4. The van der Waals surface area contributed by atoms with Crippen molar-refractivity contribution in [1.82, 2.24) is 10.6 Å². The number of rotatable bonds is 8. The van der Waals surface area contributed by atoms with Gasteiger partial charge in [0.25, 0.3) is 0 Å². The molecule has 1 heterocycles. The summed E-state index contributed by atoms with van der Waals surface area (Å²) in [5.74, 6) is 1.87. The first-order chi connectivity index (χ1) is 13.6. The first-order valence-corrected chi connectivity index (χ1v) is 10.5. The van der Waals surface area contributed by atoms with E-state index in [2.05, 4.69) is 10.6 Å². The lowest BCUT2D eigenvalue weighted by Gasteiger charge is -2.23. The Morgan fingerprint density at radius 2 is 1.75 bits per heavy atom. The number of nitrogens with one attached hydrogen (secondary N) is 2. The molecular weight excluding hydrogens is 419 g/mol. The van der Waals surface area contributed by atoms with Crippen LogP contribution in [0.25, 0.3) is 0 Å². The van der Waals surface area contributed by atoms with Gasteiger partial charge in [0, 0.05) is 6.54 Å². The molecule has 1 aliphatic rings. The van der Waals surface area contributed by atoms with Gasteiger partial charge in [-0.1, -0.05) is 40.9 Å². The fourth-order valence-corrected chi connectivity index (χ4v) is 3.92. The molecule has 2 N–H and O–H groups in total. The van der Waals surface area contributed by atoms with E-state index in [-0.39, 0.29) is 0 Å². The van der Waals surface area contributed by atoms with Crippen LogP contribution >= 0.6 is 34.8 Å².